The summed E-state index contributed by atoms with van der Waals surface area (Å²) in [5, 5.41) is 3.52. The lowest BCUT2D eigenvalue weighted by atomic mass is 10.1. The van der Waals surface area contributed by atoms with Gasteiger partial charge in [-0.05, 0) is 54.1 Å². The first-order valence-electron chi connectivity index (χ1n) is 7.62. The molecular weight excluding hydrogens is 240 g/mol. The minimum absolute atomic E-state index is 0.210. The summed E-state index contributed by atoms with van der Waals surface area (Å²) in [5.74, 6) is 0. The van der Waals surface area contributed by atoms with Crippen LogP contribution in [-0.2, 0) is 9.47 Å². The van der Waals surface area contributed by atoms with Crippen molar-refractivity contribution in [3.05, 3.63) is 0 Å². The standard InChI is InChI=1S/C15H34N2O2/c1-6-18-13-11-17(12-14-19-7-2)10-8-9-16-15(3,4)5/h16H,6-14H2,1-5H3. The highest BCUT2D eigenvalue weighted by Crippen LogP contribution is 1.99. The summed E-state index contributed by atoms with van der Waals surface area (Å²) in [4.78, 5) is 2.43. The maximum absolute atomic E-state index is 5.43. The Bertz CT molecular complexity index is 183. The van der Waals surface area contributed by atoms with Gasteiger partial charge in [-0.25, -0.2) is 0 Å². The van der Waals surface area contributed by atoms with Gasteiger partial charge in [-0.2, -0.15) is 0 Å². The van der Waals surface area contributed by atoms with E-state index < -0.39 is 0 Å². The van der Waals surface area contributed by atoms with Crippen LogP contribution in [0.1, 0.15) is 41.0 Å². The van der Waals surface area contributed by atoms with E-state index in [1.165, 1.54) is 0 Å². The first-order chi connectivity index (χ1) is 8.99. The Morgan fingerprint density at radius 2 is 1.42 bits per heavy atom. The van der Waals surface area contributed by atoms with E-state index in [0.717, 1.165) is 59.0 Å². The van der Waals surface area contributed by atoms with E-state index in [0.29, 0.717) is 0 Å². The third-order valence-corrected chi connectivity index (χ3v) is 2.82. The second-order valence-corrected chi connectivity index (χ2v) is 5.77. The van der Waals surface area contributed by atoms with Gasteiger partial charge in [-0.1, -0.05) is 0 Å². The molecule has 0 saturated heterocycles. The zero-order chi connectivity index (χ0) is 14.6. The Morgan fingerprint density at radius 1 is 0.895 bits per heavy atom. The van der Waals surface area contributed by atoms with E-state index in [4.69, 9.17) is 9.47 Å². The lowest BCUT2D eigenvalue weighted by molar-refractivity contribution is 0.0821. The quantitative estimate of drug-likeness (QED) is 0.553. The number of hydrogen-bond donors (Lipinski definition) is 1. The van der Waals surface area contributed by atoms with Crippen molar-refractivity contribution in [2.75, 3.05) is 52.6 Å². The number of hydrogen-bond acceptors (Lipinski definition) is 4. The normalized spacial score (nSPS) is 12.3. The Kier molecular flexibility index (Phi) is 11.6. The van der Waals surface area contributed by atoms with Crippen LogP contribution in [0.4, 0.5) is 0 Å². The average molecular weight is 274 g/mol. The van der Waals surface area contributed by atoms with Crippen LogP contribution in [0.3, 0.4) is 0 Å². The van der Waals surface area contributed by atoms with Gasteiger partial charge >= 0.3 is 0 Å². The molecule has 0 aromatic heterocycles. The van der Waals surface area contributed by atoms with Crippen LogP contribution in [0.5, 0.6) is 0 Å². The van der Waals surface area contributed by atoms with Gasteiger partial charge in [0, 0.05) is 31.8 Å². The molecule has 0 aromatic carbocycles. The molecule has 0 aliphatic heterocycles. The molecule has 0 radical (unpaired) electrons. The van der Waals surface area contributed by atoms with E-state index in [1.807, 2.05) is 13.8 Å². The van der Waals surface area contributed by atoms with Crippen LogP contribution in [-0.4, -0.2) is 63.0 Å². The summed E-state index contributed by atoms with van der Waals surface area (Å²) in [7, 11) is 0. The summed E-state index contributed by atoms with van der Waals surface area (Å²) >= 11 is 0. The molecule has 1 N–H and O–H groups in total. The SMILES string of the molecule is CCOCCN(CCCNC(C)(C)C)CCOCC. The highest BCUT2D eigenvalue weighted by molar-refractivity contribution is 4.70. The summed E-state index contributed by atoms with van der Waals surface area (Å²) in [5.41, 5.74) is 0.210. The lowest BCUT2D eigenvalue weighted by Gasteiger charge is -2.24. The third-order valence-electron chi connectivity index (χ3n) is 2.82. The molecule has 4 nitrogen and oxygen atoms in total. The molecule has 0 aromatic rings. The maximum Gasteiger partial charge on any atom is 0.0593 e. The number of nitrogens with zero attached hydrogens (tertiary/aromatic N) is 1. The van der Waals surface area contributed by atoms with Gasteiger partial charge in [0.15, 0.2) is 0 Å². The number of rotatable bonds is 12. The molecule has 0 spiro atoms. The van der Waals surface area contributed by atoms with Gasteiger partial charge in [0.1, 0.15) is 0 Å². The molecule has 0 rings (SSSR count). The number of nitrogens with one attached hydrogen (secondary N) is 1. The van der Waals surface area contributed by atoms with Crippen molar-refractivity contribution in [2.45, 2.75) is 46.6 Å². The van der Waals surface area contributed by atoms with E-state index in [1.54, 1.807) is 0 Å². The zero-order valence-electron chi connectivity index (χ0n) is 13.6. The van der Waals surface area contributed by atoms with Crippen molar-refractivity contribution in [3.63, 3.8) is 0 Å². The Hall–Kier alpha value is -0.160. The van der Waals surface area contributed by atoms with Gasteiger partial charge in [-0.3, -0.25) is 4.90 Å². The van der Waals surface area contributed by atoms with Crippen molar-refractivity contribution >= 4 is 0 Å². The van der Waals surface area contributed by atoms with Crippen molar-refractivity contribution in [1.82, 2.24) is 10.2 Å². The van der Waals surface area contributed by atoms with Crippen molar-refractivity contribution in [1.29, 1.82) is 0 Å². The molecule has 0 heterocycles. The molecule has 0 saturated carbocycles. The van der Waals surface area contributed by atoms with Crippen LogP contribution in [0.25, 0.3) is 0 Å². The minimum Gasteiger partial charge on any atom is -0.380 e. The second-order valence-electron chi connectivity index (χ2n) is 5.77. The van der Waals surface area contributed by atoms with Crippen LogP contribution in [0.15, 0.2) is 0 Å². The predicted molar refractivity (Wildman–Crippen MR) is 81.8 cm³/mol. The molecule has 0 atom stereocenters. The van der Waals surface area contributed by atoms with Crippen LogP contribution in [0.2, 0.25) is 0 Å². The molecule has 0 aliphatic carbocycles. The molecule has 4 heteroatoms. The predicted octanol–water partition coefficient (Wildman–Crippen LogP) is 2.14. The zero-order valence-corrected chi connectivity index (χ0v) is 13.6. The highest BCUT2D eigenvalue weighted by atomic mass is 16.5. The van der Waals surface area contributed by atoms with Gasteiger partial charge in [0.05, 0.1) is 13.2 Å². The second kappa shape index (κ2) is 11.6. The summed E-state index contributed by atoms with van der Waals surface area (Å²) in [6.45, 7) is 18.1. The Labute approximate surface area is 119 Å². The van der Waals surface area contributed by atoms with Crippen molar-refractivity contribution in [3.8, 4) is 0 Å². The van der Waals surface area contributed by atoms with E-state index in [-0.39, 0.29) is 5.54 Å². The third kappa shape index (κ3) is 14.1. The van der Waals surface area contributed by atoms with E-state index >= 15 is 0 Å². The first kappa shape index (κ1) is 18.8. The summed E-state index contributed by atoms with van der Waals surface area (Å²) in [6, 6.07) is 0. The molecule has 0 unspecified atom stereocenters. The van der Waals surface area contributed by atoms with E-state index in [9.17, 15) is 0 Å². The smallest absolute Gasteiger partial charge is 0.0593 e. The highest BCUT2D eigenvalue weighted by Gasteiger charge is 2.09. The van der Waals surface area contributed by atoms with Gasteiger partial charge in [0.2, 0.25) is 0 Å². The monoisotopic (exact) mass is 274 g/mol. The fraction of sp³-hybridized carbons (Fsp3) is 1.00. The summed E-state index contributed by atoms with van der Waals surface area (Å²) < 4.78 is 10.9. The molecule has 0 aliphatic rings. The van der Waals surface area contributed by atoms with E-state index in [2.05, 4.69) is 31.0 Å². The Morgan fingerprint density at radius 3 is 1.84 bits per heavy atom. The van der Waals surface area contributed by atoms with Crippen LogP contribution in [0, 0.1) is 0 Å². The summed E-state index contributed by atoms with van der Waals surface area (Å²) in [6.07, 6.45) is 1.16. The van der Waals surface area contributed by atoms with Gasteiger partial charge in [-0.15, -0.1) is 0 Å². The fourth-order valence-corrected chi connectivity index (χ4v) is 1.78. The molecule has 0 fully saturated rings. The van der Waals surface area contributed by atoms with Gasteiger partial charge in [0.25, 0.3) is 0 Å². The molecule has 116 valence electrons. The lowest BCUT2D eigenvalue weighted by Crippen LogP contribution is -2.39. The Balaban J connectivity index is 3.76. The van der Waals surface area contributed by atoms with Crippen LogP contribution < -0.4 is 5.32 Å². The maximum atomic E-state index is 5.43. The van der Waals surface area contributed by atoms with Crippen LogP contribution >= 0.6 is 0 Å². The molecule has 0 amide bonds. The topological polar surface area (TPSA) is 33.7 Å². The first-order valence-corrected chi connectivity index (χ1v) is 7.62. The largest absolute Gasteiger partial charge is 0.380 e. The average Bonchev–Trinajstić information content (AvgIpc) is 2.33. The number of ether oxygens (including phenoxy) is 2. The van der Waals surface area contributed by atoms with Crippen molar-refractivity contribution < 1.29 is 9.47 Å². The van der Waals surface area contributed by atoms with Gasteiger partial charge < -0.3 is 14.8 Å². The van der Waals surface area contributed by atoms with Crippen molar-refractivity contribution in [2.24, 2.45) is 0 Å². The fourth-order valence-electron chi connectivity index (χ4n) is 1.78. The minimum atomic E-state index is 0.210. The molecule has 19 heavy (non-hydrogen) atoms. The molecule has 0 bridgehead atoms. The molecular formula is C15H34N2O2.